The maximum atomic E-state index is 13.1. The van der Waals surface area contributed by atoms with Gasteiger partial charge in [0.2, 0.25) is 0 Å². The summed E-state index contributed by atoms with van der Waals surface area (Å²) in [6, 6.07) is 24.1. The van der Waals surface area contributed by atoms with Crippen molar-refractivity contribution in [2.75, 3.05) is 19.6 Å². The molecule has 3 aromatic carbocycles. The van der Waals surface area contributed by atoms with Crippen LogP contribution in [0.5, 0.6) is 0 Å². The zero-order valence-corrected chi connectivity index (χ0v) is 23.4. The fourth-order valence-corrected chi connectivity index (χ4v) is 6.36. The molecule has 0 N–H and O–H groups in total. The Morgan fingerprint density at radius 1 is 0.842 bits per heavy atom. The summed E-state index contributed by atoms with van der Waals surface area (Å²) >= 11 is 0. The Kier molecular flexibility index (Phi) is 9.09. The van der Waals surface area contributed by atoms with Gasteiger partial charge in [0.05, 0.1) is 0 Å². The molecule has 5 rings (SSSR count). The smallest absolute Gasteiger partial charge is 0.162 e. The van der Waals surface area contributed by atoms with Gasteiger partial charge in [-0.15, -0.1) is 0 Å². The second-order valence-electron chi connectivity index (χ2n) is 11.7. The molecule has 3 aromatic rings. The van der Waals surface area contributed by atoms with Crippen molar-refractivity contribution >= 4 is 5.78 Å². The minimum atomic E-state index is 0.319. The number of hydrogen-bond donors (Lipinski definition) is 0. The van der Waals surface area contributed by atoms with Crippen LogP contribution in [0.2, 0.25) is 0 Å². The molecule has 0 amide bonds. The number of rotatable bonds is 9. The average molecular weight is 509 g/mol. The zero-order valence-electron chi connectivity index (χ0n) is 23.4. The Bertz CT molecular complexity index is 1220. The Morgan fingerprint density at radius 2 is 1.68 bits per heavy atom. The van der Waals surface area contributed by atoms with Crippen molar-refractivity contribution in [3.63, 3.8) is 0 Å². The predicted molar refractivity (Wildman–Crippen MR) is 157 cm³/mol. The summed E-state index contributed by atoms with van der Waals surface area (Å²) in [6.45, 7) is 10.8. The minimum absolute atomic E-state index is 0.319. The number of nitrogens with zero attached hydrogens (tertiary/aromatic N) is 2. The first-order valence-corrected chi connectivity index (χ1v) is 14.7. The highest BCUT2D eigenvalue weighted by atomic mass is 16.1. The first-order chi connectivity index (χ1) is 18.5. The molecule has 0 aromatic heterocycles. The van der Waals surface area contributed by atoms with E-state index in [9.17, 15) is 4.79 Å². The number of benzene rings is 3. The topological polar surface area (TPSA) is 23.6 Å². The lowest BCUT2D eigenvalue weighted by molar-refractivity contribution is 0.0973. The van der Waals surface area contributed by atoms with Crippen LogP contribution >= 0.6 is 0 Å². The summed E-state index contributed by atoms with van der Waals surface area (Å²) in [5.41, 5.74) is 9.22. The van der Waals surface area contributed by atoms with Gasteiger partial charge in [-0.2, -0.15) is 0 Å². The van der Waals surface area contributed by atoms with Gasteiger partial charge in [-0.1, -0.05) is 66.2 Å². The molecule has 0 bridgehead atoms. The SMILES string of the molecule is Cc1cccc(CN2CCC(CCCC(=O)c3ccc4c(c3)CN(Cc3ccccc3C)CCC4)CC2)c1. The van der Waals surface area contributed by atoms with Crippen molar-refractivity contribution in [1.29, 1.82) is 0 Å². The van der Waals surface area contributed by atoms with E-state index < -0.39 is 0 Å². The van der Waals surface area contributed by atoms with Gasteiger partial charge < -0.3 is 0 Å². The molecule has 3 heteroatoms. The van der Waals surface area contributed by atoms with E-state index in [4.69, 9.17) is 0 Å². The molecule has 0 spiro atoms. The number of carbonyl (C=O) groups excluding carboxylic acids is 1. The van der Waals surface area contributed by atoms with E-state index >= 15 is 0 Å². The molecule has 38 heavy (non-hydrogen) atoms. The van der Waals surface area contributed by atoms with Crippen LogP contribution in [0.15, 0.2) is 66.7 Å². The van der Waals surface area contributed by atoms with Crippen molar-refractivity contribution in [2.24, 2.45) is 5.92 Å². The summed E-state index contributed by atoms with van der Waals surface area (Å²) in [5, 5.41) is 0. The number of piperidine rings is 1. The standard InChI is InChI=1S/C35H44N2O/c1-27-8-5-11-30(22-27)24-36-20-17-29(18-21-36)10-6-14-35(38)32-16-15-31-13-7-19-37(26-34(31)23-32)25-33-12-4-3-9-28(33)2/h3-5,8-9,11-12,15-16,22-23,29H,6-7,10,13-14,17-21,24-26H2,1-2H3. The van der Waals surface area contributed by atoms with Gasteiger partial charge in [0.15, 0.2) is 5.78 Å². The Balaban J connectivity index is 1.09. The monoisotopic (exact) mass is 508 g/mol. The van der Waals surface area contributed by atoms with Gasteiger partial charge in [0, 0.05) is 31.6 Å². The molecule has 200 valence electrons. The van der Waals surface area contributed by atoms with Gasteiger partial charge in [0.1, 0.15) is 0 Å². The summed E-state index contributed by atoms with van der Waals surface area (Å²) in [6.07, 6.45) is 7.67. The lowest BCUT2D eigenvalue weighted by Crippen LogP contribution is -2.33. The molecular formula is C35H44N2O. The van der Waals surface area contributed by atoms with E-state index in [1.54, 1.807) is 0 Å². The van der Waals surface area contributed by atoms with Gasteiger partial charge in [-0.3, -0.25) is 14.6 Å². The van der Waals surface area contributed by atoms with Gasteiger partial charge in [0.25, 0.3) is 0 Å². The van der Waals surface area contributed by atoms with E-state index in [1.807, 2.05) is 0 Å². The molecule has 1 fully saturated rings. The Hall–Kier alpha value is -2.75. The zero-order chi connectivity index (χ0) is 26.3. The van der Waals surface area contributed by atoms with Crippen LogP contribution < -0.4 is 0 Å². The molecule has 0 atom stereocenters. The Morgan fingerprint density at radius 3 is 2.50 bits per heavy atom. The first kappa shape index (κ1) is 26.8. The van der Waals surface area contributed by atoms with E-state index in [-0.39, 0.29) is 0 Å². The van der Waals surface area contributed by atoms with E-state index in [2.05, 4.69) is 90.4 Å². The Labute approximate surface area is 229 Å². The number of ketones is 1. The van der Waals surface area contributed by atoms with Crippen LogP contribution in [0.1, 0.15) is 82.3 Å². The van der Waals surface area contributed by atoms with E-state index in [0.717, 1.165) is 50.5 Å². The molecule has 3 nitrogen and oxygen atoms in total. The fraction of sp³-hybridized carbons (Fsp3) is 0.457. The largest absolute Gasteiger partial charge is 0.299 e. The summed E-state index contributed by atoms with van der Waals surface area (Å²) < 4.78 is 0. The lowest BCUT2D eigenvalue weighted by Gasteiger charge is -2.32. The summed E-state index contributed by atoms with van der Waals surface area (Å²) in [4.78, 5) is 18.3. The number of fused-ring (bicyclic) bond motifs is 1. The van der Waals surface area contributed by atoms with Gasteiger partial charge >= 0.3 is 0 Å². The van der Waals surface area contributed by atoms with Crippen molar-refractivity contribution in [3.05, 3.63) is 106 Å². The van der Waals surface area contributed by atoms with E-state index in [0.29, 0.717) is 12.2 Å². The second-order valence-corrected chi connectivity index (χ2v) is 11.7. The highest BCUT2D eigenvalue weighted by molar-refractivity contribution is 5.96. The number of hydrogen-bond acceptors (Lipinski definition) is 3. The van der Waals surface area contributed by atoms with Gasteiger partial charge in [-0.25, -0.2) is 0 Å². The molecule has 0 radical (unpaired) electrons. The maximum absolute atomic E-state index is 13.1. The molecule has 0 aliphatic carbocycles. The molecule has 0 unspecified atom stereocenters. The number of carbonyl (C=O) groups is 1. The summed E-state index contributed by atoms with van der Waals surface area (Å²) in [5.74, 6) is 1.08. The van der Waals surface area contributed by atoms with Crippen molar-refractivity contribution in [2.45, 2.75) is 78.4 Å². The predicted octanol–water partition coefficient (Wildman–Crippen LogP) is 7.52. The third kappa shape index (κ3) is 7.21. The first-order valence-electron chi connectivity index (χ1n) is 14.7. The number of likely N-dealkylation sites (tertiary alicyclic amines) is 1. The second kappa shape index (κ2) is 12.9. The van der Waals surface area contributed by atoms with Crippen LogP contribution in [0, 0.1) is 19.8 Å². The normalized spacial score (nSPS) is 17.2. The highest BCUT2D eigenvalue weighted by Gasteiger charge is 2.21. The third-order valence-electron chi connectivity index (χ3n) is 8.71. The molecule has 2 aliphatic rings. The highest BCUT2D eigenvalue weighted by Crippen LogP contribution is 2.26. The van der Waals surface area contributed by atoms with Crippen LogP contribution in [0.4, 0.5) is 0 Å². The minimum Gasteiger partial charge on any atom is -0.299 e. The van der Waals surface area contributed by atoms with Crippen molar-refractivity contribution in [3.8, 4) is 0 Å². The average Bonchev–Trinajstić information content (AvgIpc) is 3.12. The molecular weight excluding hydrogens is 464 g/mol. The van der Waals surface area contributed by atoms with Crippen LogP contribution in [0.3, 0.4) is 0 Å². The molecule has 2 aliphatic heterocycles. The third-order valence-corrected chi connectivity index (χ3v) is 8.71. The molecule has 1 saturated heterocycles. The van der Waals surface area contributed by atoms with E-state index in [1.165, 1.54) is 72.2 Å². The molecule has 0 saturated carbocycles. The van der Waals surface area contributed by atoms with Crippen LogP contribution in [-0.4, -0.2) is 35.2 Å². The van der Waals surface area contributed by atoms with Crippen molar-refractivity contribution < 1.29 is 4.79 Å². The number of aryl methyl sites for hydroxylation is 3. The quantitative estimate of drug-likeness (QED) is 0.279. The molecule has 2 heterocycles. The fourth-order valence-electron chi connectivity index (χ4n) is 6.36. The van der Waals surface area contributed by atoms with Crippen LogP contribution in [0.25, 0.3) is 0 Å². The van der Waals surface area contributed by atoms with Crippen LogP contribution in [-0.2, 0) is 26.1 Å². The summed E-state index contributed by atoms with van der Waals surface area (Å²) in [7, 11) is 0. The maximum Gasteiger partial charge on any atom is 0.162 e. The number of Topliss-reactive ketones (excluding diaryl/α,β-unsaturated/α-hetero) is 1. The lowest BCUT2D eigenvalue weighted by atomic mass is 9.90. The van der Waals surface area contributed by atoms with Gasteiger partial charge in [-0.05, 0) is 112 Å². The van der Waals surface area contributed by atoms with Crippen molar-refractivity contribution in [1.82, 2.24) is 9.80 Å².